The van der Waals surface area contributed by atoms with Crippen molar-refractivity contribution < 1.29 is 9.59 Å². The topological polar surface area (TPSA) is 88.0 Å². The summed E-state index contributed by atoms with van der Waals surface area (Å²) in [4.78, 5) is 29.1. The maximum absolute atomic E-state index is 12.7. The zero-order valence-electron chi connectivity index (χ0n) is 18.3. The molecule has 0 saturated carbocycles. The van der Waals surface area contributed by atoms with E-state index in [1.807, 2.05) is 17.8 Å². The number of aryl methyl sites for hydroxylation is 1. The number of nitrogens with zero attached hydrogens (tertiary/aromatic N) is 2. The van der Waals surface area contributed by atoms with Gasteiger partial charge < -0.3 is 20.5 Å². The first kappa shape index (κ1) is 22.4. The second-order valence-electron chi connectivity index (χ2n) is 9.21. The lowest BCUT2D eigenvalue weighted by atomic mass is 9.79. The number of thioether (sulfide) groups is 1. The standard InChI is InChI=1S/C22H31N5O2S/c1-21(2)12-17(13-22(3,4)26-21)25-19(29)15-6-8-16(9-7-15)24-18(28)14-30-20-23-10-11-27(20)5/h6-11,17,26H,12-14H2,1-5H3,(H,24,28)(H,25,29). The van der Waals surface area contributed by atoms with Crippen LogP contribution in [0, 0.1) is 0 Å². The predicted molar refractivity (Wildman–Crippen MR) is 121 cm³/mol. The van der Waals surface area contributed by atoms with Crippen molar-refractivity contribution in [2.45, 2.75) is 62.8 Å². The molecule has 1 saturated heterocycles. The Morgan fingerprint density at radius 1 is 1.17 bits per heavy atom. The van der Waals surface area contributed by atoms with Gasteiger partial charge in [0.1, 0.15) is 0 Å². The number of benzene rings is 1. The molecule has 1 aliphatic rings. The highest BCUT2D eigenvalue weighted by atomic mass is 32.2. The van der Waals surface area contributed by atoms with Gasteiger partial charge in [-0.15, -0.1) is 0 Å². The molecular weight excluding hydrogens is 398 g/mol. The monoisotopic (exact) mass is 429 g/mol. The summed E-state index contributed by atoms with van der Waals surface area (Å²) in [7, 11) is 1.89. The fourth-order valence-electron chi connectivity index (χ4n) is 4.22. The highest BCUT2D eigenvalue weighted by Crippen LogP contribution is 2.28. The van der Waals surface area contributed by atoms with Crippen molar-refractivity contribution in [3.8, 4) is 0 Å². The molecule has 162 valence electrons. The molecule has 0 aliphatic carbocycles. The lowest BCUT2D eigenvalue weighted by Crippen LogP contribution is -2.62. The lowest BCUT2D eigenvalue weighted by molar-refractivity contribution is -0.113. The van der Waals surface area contributed by atoms with Gasteiger partial charge in [0.2, 0.25) is 5.91 Å². The van der Waals surface area contributed by atoms with Gasteiger partial charge in [0.15, 0.2) is 5.16 Å². The SMILES string of the molecule is Cn1ccnc1SCC(=O)Nc1ccc(C(=O)NC2CC(C)(C)NC(C)(C)C2)cc1. The Labute approximate surface area is 182 Å². The van der Waals surface area contributed by atoms with Crippen LogP contribution in [0.15, 0.2) is 41.8 Å². The Morgan fingerprint density at radius 3 is 2.37 bits per heavy atom. The highest BCUT2D eigenvalue weighted by molar-refractivity contribution is 7.99. The number of rotatable bonds is 6. The van der Waals surface area contributed by atoms with Crippen molar-refractivity contribution in [2.75, 3.05) is 11.1 Å². The Kier molecular flexibility index (Phi) is 6.57. The smallest absolute Gasteiger partial charge is 0.251 e. The molecule has 1 aliphatic heterocycles. The van der Waals surface area contributed by atoms with Crippen LogP contribution in [0.2, 0.25) is 0 Å². The lowest BCUT2D eigenvalue weighted by Gasteiger charge is -2.46. The number of carbonyl (C=O) groups excluding carboxylic acids is 2. The van der Waals surface area contributed by atoms with Gasteiger partial charge in [-0.1, -0.05) is 11.8 Å². The van der Waals surface area contributed by atoms with Crippen molar-refractivity contribution in [1.82, 2.24) is 20.2 Å². The van der Waals surface area contributed by atoms with Gasteiger partial charge in [0.05, 0.1) is 5.75 Å². The molecule has 2 aromatic rings. The van der Waals surface area contributed by atoms with E-state index in [1.54, 1.807) is 30.5 Å². The molecule has 0 spiro atoms. The van der Waals surface area contributed by atoms with E-state index in [-0.39, 0.29) is 34.7 Å². The van der Waals surface area contributed by atoms with Gasteiger partial charge in [0, 0.05) is 47.8 Å². The van der Waals surface area contributed by atoms with Crippen LogP contribution in [0.4, 0.5) is 5.69 Å². The first-order valence-corrected chi connectivity index (χ1v) is 11.1. The Hall–Kier alpha value is -2.32. The molecule has 2 amide bonds. The fraction of sp³-hybridized carbons (Fsp3) is 0.500. The first-order chi connectivity index (χ1) is 14.0. The van der Waals surface area contributed by atoms with E-state index < -0.39 is 0 Å². The average Bonchev–Trinajstić information content (AvgIpc) is 3.02. The summed E-state index contributed by atoms with van der Waals surface area (Å²) < 4.78 is 1.87. The number of nitrogens with one attached hydrogen (secondary N) is 3. The summed E-state index contributed by atoms with van der Waals surface area (Å²) in [5.41, 5.74) is 1.20. The molecule has 2 heterocycles. The number of piperidine rings is 1. The molecule has 8 heteroatoms. The maximum atomic E-state index is 12.7. The zero-order valence-corrected chi connectivity index (χ0v) is 19.1. The van der Waals surface area contributed by atoms with Crippen LogP contribution in [-0.4, -0.2) is 44.2 Å². The van der Waals surface area contributed by atoms with Crippen molar-refractivity contribution >= 4 is 29.3 Å². The molecular formula is C22H31N5O2S. The molecule has 3 N–H and O–H groups in total. The van der Waals surface area contributed by atoms with Crippen LogP contribution < -0.4 is 16.0 Å². The third-order valence-electron chi connectivity index (χ3n) is 5.07. The molecule has 0 unspecified atom stereocenters. The number of hydrogen-bond acceptors (Lipinski definition) is 5. The Bertz CT molecular complexity index is 889. The number of aromatic nitrogens is 2. The fourth-order valence-corrected chi connectivity index (χ4v) is 4.95. The minimum absolute atomic E-state index is 0.0270. The van der Waals surface area contributed by atoms with Crippen molar-refractivity contribution in [3.05, 3.63) is 42.2 Å². The average molecular weight is 430 g/mol. The van der Waals surface area contributed by atoms with E-state index in [1.165, 1.54) is 11.8 Å². The summed E-state index contributed by atoms with van der Waals surface area (Å²) >= 11 is 1.38. The number of carbonyl (C=O) groups is 2. The van der Waals surface area contributed by atoms with Crippen LogP contribution in [0.3, 0.4) is 0 Å². The predicted octanol–water partition coefficient (Wildman–Crippen LogP) is 3.19. The number of amides is 2. The Morgan fingerprint density at radius 2 is 1.80 bits per heavy atom. The molecule has 1 aromatic carbocycles. The third kappa shape index (κ3) is 6.09. The van der Waals surface area contributed by atoms with E-state index in [2.05, 4.69) is 48.6 Å². The second kappa shape index (κ2) is 8.81. The number of imidazole rings is 1. The van der Waals surface area contributed by atoms with Gasteiger partial charge >= 0.3 is 0 Å². The van der Waals surface area contributed by atoms with E-state index in [9.17, 15) is 9.59 Å². The van der Waals surface area contributed by atoms with Gasteiger partial charge in [-0.25, -0.2) is 4.98 Å². The van der Waals surface area contributed by atoms with Gasteiger partial charge in [-0.2, -0.15) is 0 Å². The minimum atomic E-state index is -0.112. The van der Waals surface area contributed by atoms with Crippen LogP contribution in [0.25, 0.3) is 0 Å². The summed E-state index contributed by atoms with van der Waals surface area (Å²) in [5, 5.41) is 10.4. The molecule has 0 bridgehead atoms. The number of hydrogen-bond donors (Lipinski definition) is 3. The molecule has 0 radical (unpaired) electrons. The third-order valence-corrected chi connectivity index (χ3v) is 6.12. The summed E-state index contributed by atoms with van der Waals surface area (Å²) in [6.45, 7) is 8.65. The van der Waals surface area contributed by atoms with Crippen molar-refractivity contribution in [2.24, 2.45) is 7.05 Å². The van der Waals surface area contributed by atoms with Crippen molar-refractivity contribution in [3.63, 3.8) is 0 Å². The van der Waals surface area contributed by atoms with Crippen LogP contribution in [-0.2, 0) is 11.8 Å². The molecule has 1 fully saturated rings. The van der Waals surface area contributed by atoms with E-state index in [0.717, 1.165) is 18.0 Å². The second-order valence-corrected chi connectivity index (χ2v) is 10.1. The van der Waals surface area contributed by atoms with Crippen LogP contribution in [0.1, 0.15) is 50.9 Å². The normalized spacial score (nSPS) is 18.0. The maximum Gasteiger partial charge on any atom is 0.251 e. The first-order valence-electron chi connectivity index (χ1n) is 10.1. The van der Waals surface area contributed by atoms with Gasteiger partial charge in [0.25, 0.3) is 5.91 Å². The van der Waals surface area contributed by atoms with Crippen LogP contribution in [0.5, 0.6) is 0 Å². The van der Waals surface area contributed by atoms with E-state index in [0.29, 0.717) is 11.3 Å². The Balaban J connectivity index is 1.52. The summed E-state index contributed by atoms with van der Waals surface area (Å²) in [6.07, 6.45) is 5.31. The minimum Gasteiger partial charge on any atom is -0.349 e. The summed E-state index contributed by atoms with van der Waals surface area (Å²) in [5.74, 6) is 0.0741. The molecule has 3 rings (SSSR count). The van der Waals surface area contributed by atoms with E-state index >= 15 is 0 Å². The van der Waals surface area contributed by atoms with Crippen LogP contribution >= 0.6 is 11.8 Å². The molecule has 1 aromatic heterocycles. The largest absolute Gasteiger partial charge is 0.349 e. The van der Waals surface area contributed by atoms with Crippen molar-refractivity contribution in [1.29, 1.82) is 0 Å². The molecule has 0 atom stereocenters. The van der Waals surface area contributed by atoms with Gasteiger partial charge in [-0.3, -0.25) is 9.59 Å². The van der Waals surface area contributed by atoms with Gasteiger partial charge in [-0.05, 0) is 64.8 Å². The molecule has 7 nitrogen and oxygen atoms in total. The number of anilines is 1. The zero-order chi connectivity index (χ0) is 21.9. The quantitative estimate of drug-likeness (QED) is 0.614. The summed E-state index contributed by atoms with van der Waals surface area (Å²) in [6, 6.07) is 7.12. The van der Waals surface area contributed by atoms with E-state index in [4.69, 9.17) is 0 Å². The highest BCUT2D eigenvalue weighted by Gasteiger charge is 2.38. The molecule has 30 heavy (non-hydrogen) atoms.